The third-order valence-electron chi connectivity index (χ3n) is 15.8. The number of methoxy groups -OCH3 is 1. The Hall–Kier alpha value is -5.97. The van der Waals surface area contributed by atoms with Crippen molar-refractivity contribution in [2.45, 2.75) is 103 Å². The number of ether oxygens (including phenoxy) is 1. The number of imide groups is 1. The maximum Gasteiger partial charge on any atom is 0.416 e. The number of nitrogen functional groups attached to an aromatic ring is 1. The lowest BCUT2D eigenvalue weighted by Crippen LogP contribution is -2.52. The molecular weight excluding hydrogens is 888 g/mol. The van der Waals surface area contributed by atoms with Crippen molar-refractivity contribution >= 4 is 51.8 Å². The van der Waals surface area contributed by atoms with Gasteiger partial charge in [-0.2, -0.15) is 13.2 Å². The fourth-order valence-electron chi connectivity index (χ4n) is 11.7. The van der Waals surface area contributed by atoms with Crippen LogP contribution in [0.25, 0.3) is 10.9 Å². The van der Waals surface area contributed by atoms with E-state index in [1.54, 1.807) is 51.3 Å². The normalized spacial score (nSPS) is 22.1. The molecule has 69 heavy (non-hydrogen) atoms. The van der Waals surface area contributed by atoms with Crippen molar-refractivity contribution in [2.75, 3.05) is 75.4 Å². The summed E-state index contributed by atoms with van der Waals surface area (Å²) in [6, 6.07) is 13.7. The zero-order valence-corrected chi connectivity index (χ0v) is 39.9. The largest absolute Gasteiger partial charge is 0.496 e. The van der Waals surface area contributed by atoms with Crippen LogP contribution in [0.2, 0.25) is 0 Å². The van der Waals surface area contributed by atoms with Gasteiger partial charge in [-0.3, -0.25) is 29.5 Å². The molecule has 3 saturated heterocycles. The molecule has 4 heterocycles. The van der Waals surface area contributed by atoms with Crippen LogP contribution in [0, 0.1) is 24.2 Å². The van der Waals surface area contributed by atoms with Gasteiger partial charge in [0, 0.05) is 93.1 Å². The van der Waals surface area contributed by atoms with Crippen LogP contribution in [0.5, 0.6) is 5.75 Å². The number of benzene rings is 3. The van der Waals surface area contributed by atoms with Crippen LogP contribution in [0.3, 0.4) is 0 Å². The van der Waals surface area contributed by atoms with Crippen LogP contribution in [0.4, 0.5) is 35.2 Å². The van der Waals surface area contributed by atoms with Crippen molar-refractivity contribution in [1.29, 1.82) is 0 Å². The predicted molar refractivity (Wildman–Crippen MR) is 258 cm³/mol. The molecule has 17 heteroatoms. The van der Waals surface area contributed by atoms with E-state index in [9.17, 15) is 32.3 Å². The molecule has 0 unspecified atom stereocenters. The Morgan fingerprint density at radius 2 is 1.61 bits per heavy atom. The average Bonchev–Trinajstić information content (AvgIpc) is 3.34. The Morgan fingerprint density at radius 1 is 0.884 bits per heavy atom. The molecule has 3 aliphatic heterocycles. The molecule has 368 valence electrons. The maximum atomic E-state index is 13.9. The maximum absolute atomic E-state index is 13.9. The molecule has 4 N–H and O–H groups in total. The molecule has 5 aliphatic rings. The van der Waals surface area contributed by atoms with Crippen LogP contribution < -0.4 is 26.0 Å². The van der Waals surface area contributed by atoms with Gasteiger partial charge in [0.15, 0.2) is 0 Å². The van der Waals surface area contributed by atoms with Gasteiger partial charge >= 0.3 is 12.2 Å². The number of alkyl halides is 3. The number of halogens is 3. The number of likely N-dealkylation sites (tertiary alicyclic amines) is 1. The first-order valence-electron chi connectivity index (χ1n) is 24.7. The molecule has 1 aromatic heterocycles. The van der Waals surface area contributed by atoms with Gasteiger partial charge in [0.05, 0.1) is 24.2 Å². The third-order valence-corrected chi connectivity index (χ3v) is 15.8. The minimum atomic E-state index is -4.53. The van der Waals surface area contributed by atoms with Gasteiger partial charge in [-0.25, -0.2) is 14.8 Å². The van der Waals surface area contributed by atoms with Gasteiger partial charge in [-0.1, -0.05) is 6.07 Å². The number of carbonyl (C=O) groups is 4. The smallest absolute Gasteiger partial charge is 0.416 e. The first-order chi connectivity index (χ1) is 33.0. The second kappa shape index (κ2) is 19.8. The highest BCUT2D eigenvalue weighted by Gasteiger charge is 2.40. The van der Waals surface area contributed by atoms with E-state index in [0.717, 1.165) is 107 Å². The Kier molecular flexibility index (Phi) is 13.8. The highest BCUT2D eigenvalue weighted by molar-refractivity contribution is 6.06. The average molecular weight is 952 g/mol. The molecule has 5 fully saturated rings. The number of amides is 5. The van der Waals surface area contributed by atoms with E-state index < -0.39 is 23.8 Å². The van der Waals surface area contributed by atoms with Crippen molar-refractivity contribution in [1.82, 2.24) is 30.0 Å². The number of nitrogens with zero attached hydrogens (tertiary/aromatic N) is 6. The molecular formula is C52H64F3N9O5. The van der Waals surface area contributed by atoms with Crippen molar-refractivity contribution in [3.8, 4) is 5.75 Å². The molecule has 14 nitrogen and oxygen atoms in total. The van der Waals surface area contributed by atoms with Crippen LogP contribution in [-0.2, 0) is 15.8 Å². The molecule has 1 atom stereocenters. The summed E-state index contributed by atoms with van der Waals surface area (Å²) in [6.07, 6.45) is 5.61. The number of piperazine rings is 1. The molecule has 9 rings (SSSR count). The lowest BCUT2D eigenvalue weighted by Gasteiger charge is -2.47. The summed E-state index contributed by atoms with van der Waals surface area (Å²) >= 11 is 0. The number of hydrogen-bond acceptors (Lipinski definition) is 10. The molecule has 4 aromatic rings. The number of rotatable bonds is 10. The fourth-order valence-corrected chi connectivity index (χ4v) is 11.7. The minimum absolute atomic E-state index is 0.0163. The van der Waals surface area contributed by atoms with Gasteiger partial charge in [-0.05, 0) is 149 Å². The number of urea groups is 1. The fraction of sp³-hybridized carbons (Fsp3) is 0.538. The predicted octanol–water partition coefficient (Wildman–Crippen LogP) is 8.70. The highest BCUT2D eigenvalue weighted by Crippen LogP contribution is 2.47. The summed E-state index contributed by atoms with van der Waals surface area (Å²) in [4.78, 5) is 69.0. The summed E-state index contributed by atoms with van der Waals surface area (Å²) in [7, 11) is 1.64. The number of aryl methyl sites for hydroxylation is 1. The second-order valence-electron chi connectivity index (χ2n) is 20.2. The summed E-state index contributed by atoms with van der Waals surface area (Å²) in [5.74, 6) is 2.44. The number of nitrogens with one attached hydrogen (secondary N) is 2. The minimum Gasteiger partial charge on any atom is -0.496 e. The summed E-state index contributed by atoms with van der Waals surface area (Å²) in [5, 5.41) is 6.43. The molecule has 2 aliphatic carbocycles. The monoisotopic (exact) mass is 951 g/mol. The number of fused-ring (bicyclic) bond motifs is 1. The summed E-state index contributed by atoms with van der Waals surface area (Å²) < 4.78 is 46.8. The molecule has 3 aromatic carbocycles. The SMILES string of the molecule is COc1cc2nc(C)nc(N[C@H](C)c3cc(N)cc(C(F)(F)F)c3)c2cc1C1CCC(C(=O)N2CCN(CC3CCC4(CC3)CCN(C(=O)c3cccc(N5CCC(=O)NC5=O)c3)CC4)CC2)CC1. The standard InChI is InChI=1S/C52H64F3N9O5/c1-32(38-25-39(52(53,54)55)28-40(56)26-38)57-47-43-29-42(45(69-3)30-44(43)58-33(2)59-47)35-7-9-36(10-8-35)48(66)63-23-21-61(22-24-63)31-34-11-14-51(15-12-34)16-19-62(20-17-51)49(67)37-5-4-6-41(27-37)64-18-13-46(65)60-50(64)68/h4-6,25-30,32,34-36H,7-24,31,56H2,1-3H3,(H,57,58,59)(H,60,65,68)/t32-,35?,36?/m1/s1. The van der Waals surface area contributed by atoms with Crippen molar-refractivity contribution in [2.24, 2.45) is 17.3 Å². The number of anilines is 3. The molecule has 1 spiro atoms. The third kappa shape index (κ3) is 10.6. The number of piperidine rings is 1. The van der Waals surface area contributed by atoms with Crippen molar-refractivity contribution in [3.05, 3.63) is 82.7 Å². The molecule has 0 bridgehead atoms. The number of aromatic nitrogens is 2. The van der Waals surface area contributed by atoms with Gasteiger partial charge < -0.3 is 25.6 Å². The van der Waals surface area contributed by atoms with Crippen LogP contribution in [0.15, 0.2) is 54.6 Å². The quantitative estimate of drug-likeness (QED) is 0.131. The van der Waals surface area contributed by atoms with Gasteiger partial charge in [0.1, 0.15) is 17.4 Å². The number of nitrogens with two attached hydrogens (primary N) is 1. The zero-order chi connectivity index (χ0) is 48.6. The Morgan fingerprint density at radius 3 is 2.29 bits per heavy atom. The zero-order valence-electron chi connectivity index (χ0n) is 39.9. The van der Waals surface area contributed by atoms with E-state index >= 15 is 0 Å². The molecule has 2 saturated carbocycles. The van der Waals surface area contributed by atoms with Gasteiger partial charge in [0.2, 0.25) is 11.8 Å². The molecule has 0 radical (unpaired) electrons. The lowest BCUT2D eigenvalue weighted by atomic mass is 9.65. The van der Waals surface area contributed by atoms with Gasteiger partial charge in [0.25, 0.3) is 5.91 Å². The molecule has 5 amide bonds. The summed E-state index contributed by atoms with van der Waals surface area (Å²) in [5.41, 5.74) is 8.64. The van der Waals surface area contributed by atoms with Gasteiger partial charge in [-0.15, -0.1) is 0 Å². The number of hydrogen-bond donors (Lipinski definition) is 3. The van der Waals surface area contributed by atoms with E-state index in [0.29, 0.717) is 52.2 Å². The van der Waals surface area contributed by atoms with Crippen LogP contribution in [-0.4, -0.2) is 108 Å². The first-order valence-corrected chi connectivity index (χ1v) is 24.7. The van der Waals surface area contributed by atoms with E-state index in [4.69, 9.17) is 10.5 Å². The second-order valence-corrected chi connectivity index (χ2v) is 20.2. The Labute approximate surface area is 401 Å². The highest BCUT2D eigenvalue weighted by atomic mass is 19.4. The topological polar surface area (TPSA) is 166 Å². The van der Waals surface area contributed by atoms with E-state index in [2.05, 4.69) is 30.4 Å². The summed E-state index contributed by atoms with van der Waals surface area (Å²) in [6.45, 7) is 9.60. The van der Waals surface area contributed by atoms with Crippen LogP contribution >= 0.6 is 0 Å². The van der Waals surface area contributed by atoms with E-state index in [1.807, 2.05) is 17.0 Å². The van der Waals surface area contributed by atoms with Crippen molar-refractivity contribution in [3.63, 3.8) is 0 Å². The van der Waals surface area contributed by atoms with E-state index in [-0.39, 0.29) is 47.1 Å². The Bertz CT molecular complexity index is 2570. The Balaban J connectivity index is 0.733. The van der Waals surface area contributed by atoms with Crippen LogP contribution in [0.1, 0.15) is 122 Å². The van der Waals surface area contributed by atoms with Crippen molar-refractivity contribution < 1.29 is 37.1 Å². The van der Waals surface area contributed by atoms with E-state index in [1.165, 1.54) is 30.6 Å². The lowest BCUT2D eigenvalue weighted by molar-refractivity contribution is -0.139. The number of carbonyl (C=O) groups excluding carboxylic acids is 4. The first kappa shape index (κ1) is 48.1.